The highest BCUT2D eigenvalue weighted by atomic mass is 16.3. The van der Waals surface area contributed by atoms with Crippen molar-refractivity contribution in [3.8, 4) is 22.3 Å². The van der Waals surface area contributed by atoms with Gasteiger partial charge in [0.1, 0.15) is 11.2 Å². The Morgan fingerprint density at radius 3 is 2.38 bits per heavy atom. The quantitative estimate of drug-likeness (QED) is 0.291. The van der Waals surface area contributed by atoms with Crippen LogP contribution >= 0.6 is 0 Å². The second-order valence-corrected chi connectivity index (χ2v) is 8.66. The van der Waals surface area contributed by atoms with E-state index in [0.717, 1.165) is 16.7 Å². The number of hydrogen-bond donors (Lipinski definition) is 0. The molecule has 0 bridgehead atoms. The summed E-state index contributed by atoms with van der Waals surface area (Å²) >= 11 is 0. The van der Waals surface area contributed by atoms with Crippen molar-refractivity contribution in [2.45, 2.75) is 26.2 Å². The SMILES string of the molecule is Cc1cccc2c1-c1ccc(-c3cccc4c3oc3ccccc34)cc1C2(C)C. The molecule has 29 heavy (non-hydrogen) atoms. The van der Waals surface area contributed by atoms with E-state index in [1.165, 1.54) is 44.2 Å². The molecule has 1 aromatic heterocycles. The zero-order chi connectivity index (χ0) is 19.8. The van der Waals surface area contributed by atoms with Crippen LogP contribution in [0.3, 0.4) is 0 Å². The van der Waals surface area contributed by atoms with Crippen LogP contribution in [0.2, 0.25) is 0 Å². The molecule has 1 heteroatoms. The van der Waals surface area contributed by atoms with Crippen molar-refractivity contribution in [1.82, 2.24) is 0 Å². The second-order valence-electron chi connectivity index (χ2n) is 8.66. The summed E-state index contributed by atoms with van der Waals surface area (Å²) in [6.45, 7) is 6.89. The predicted octanol–water partition coefficient (Wildman–Crippen LogP) is 7.87. The Morgan fingerprint density at radius 1 is 0.690 bits per heavy atom. The highest BCUT2D eigenvalue weighted by Gasteiger charge is 2.36. The average Bonchev–Trinajstić information content (AvgIpc) is 3.22. The molecule has 0 saturated heterocycles. The lowest BCUT2D eigenvalue weighted by atomic mass is 9.81. The number of benzene rings is 4. The number of rotatable bonds is 1. The Kier molecular flexibility index (Phi) is 3.21. The van der Waals surface area contributed by atoms with Crippen molar-refractivity contribution in [2.24, 2.45) is 0 Å². The summed E-state index contributed by atoms with van der Waals surface area (Å²) in [5.41, 5.74) is 11.2. The van der Waals surface area contributed by atoms with Gasteiger partial charge in [0, 0.05) is 21.8 Å². The van der Waals surface area contributed by atoms with Gasteiger partial charge in [-0.2, -0.15) is 0 Å². The number of para-hydroxylation sites is 2. The summed E-state index contributed by atoms with van der Waals surface area (Å²) in [5, 5.41) is 2.35. The van der Waals surface area contributed by atoms with E-state index in [0.29, 0.717) is 0 Å². The maximum atomic E-state index is 6.29. The summed E-state index contributed by atoms with van der Waals surface area (Å²) in [5.74, 6) is 0. The monoisotopic (exact) mass is 374 g/mol. The lowest BCUT2D eigenvalue weighted by Gasteiger charge is -2.22. The van der Waals surface area contributed by atoms with Gasteiger partial charge >= 0.3 is 0 Å². The van der Waals surface area contributed by atoms with Crippen molar-refractivity contribution in [1.29, 1.82) is 0 Å². The summed E-state index contributed by atoms with van der Waals surface area (Å²) in [4.78, 5) is 0. The Morgan fingerprint density at radius 2 is 1.48 bits per heavy atom. The van der Waals surface area contributed by atoms with Gasteiger partial charge in [0.25, 0.3) is 0 Å². The van der Waals surface area contributed by atoms with Crippen molar-refractivity contribution in [2.75, 3.05) is 0 Å². The van der Waals surface area contributed by atoms with Gasteiger partial charge in [0.05, 0.1) is 0 Å². The van der Waals surface area contributed by atoms with Gasteiger partial charge in [-0.1, -0.05) is 80.6 Å². The summed E-state index contributed by atoms with van der Waals surface area (Å²) in [6, 6.07) is 28.3. The Labute approximate surface area is 170 Å². The molecule has 6 rings (SSSR count). The molecule has 140 valence electrons. The molecule has 0 spiro atoms. The Balaban J connectivity index is 1.62. The second kappa shape index (κ2) is 5.61. The molecule has 0 saturated carbocycles. The lowest BCUT2D eigenvalue weighted by Crippen LogP contribution is -2.15. The molecule has 0 fully saturated rings. The smallest absolute Gasteiger partial charge is 0.143 e. The molecular formula is C28H22O. The molecule has 0 N–H and O–H groups in total. The molecule has 1 heterocycles. The van der Waals surface area contributed by atoms with E-state index < -0.39 is 0 Å². The lowest BCUT2D eigenvalue weighted by molar-refractivity contribution is 0.660. The number of hydrogen-bond acceptors (Lipinski definition) is 1. The number of aryl methyl sites for hydroxylation is 1. The van der Waals surface area contributed by atoms with E-state index in [1.54, 1.807) is 0 Å². The topological polar surface area (TPSA) is 13.1 Å². The molecule has 1 aliphatic carbocycles. The van der Waals surface area contributed by atoms with Crippen molar-refractivity contribution < 1.29 is 4.42 Å². The minimum absolute atomic E-state index is 0.00549. The molecule has 0 amide bonds. The van der Waals surface area contributed by atoms with E-state index in [4.69, 9.17) is 4.42 Å². The van der Waals surface area contributed by atoms with E-state index >= 15 is 0 Å². The highest BCUT2D eigenvalue weighted by molar-refractivity contribution is 6.09. The first-order valence-electron chi connectivity index (χ1n) is 10.2. The van der Waals surface area contributed by atoms with Crippen LogP contribution in [-0.4, -0.2) is 0 Å². The van der Waals surface area contributed by atoms with Crippen LogP contribution in [0.1, 0.15) is 30.5 Å². The van der Waals surface area contributed by atoms with Crippen LogP contribution < -0.4 is 0 Å². The zero-order valence-corrected chi connectivity index (χ0v) is 16.9. The molecule has 1 nitrogen and oxygen atoms in total. The van der Waals surface area contributed by atoms with Crippen LogP contribution in [0.5, 0.6) is 0 Å². The van der Waals surface area contributed by atoms with E-state index in [1.807, 2.05) is 12.1 Å². The fourth-order valence-electron chi connectivity index (χ4n) is 5.11. The van der Waals surface area contributed by atoms with E-state index in [2.05, 4.69) is 87.5 Å². The van der Waals surface area contributed by atoms with Gasteiger partial charge < -0.3 is 4.42 Å². The standard InChI is InChI=1S/C28H22O/c1-17-8-6-12-23-26(17)22-15-14-18(16-24(22)28(23,2)3)19-10-7-11-21-20-9-4-5-13-25(20)29-27(19)21/h4-16H,1-3H3. The molecule has 1 aliphatic rings. The fraction of sp³-hybridized carbons (Fsp3) is 0.143. The first kappa shape index (κ1) is 16.6. The van der Waals surface area contributed by atoms with Gasteiger partial charge in [-0.05, 0) is 52.4 Å². The van der Waals surface area contributed by atoms with Crippen LogP contribution in [0, 0.1) is 6.92 Å². The van der Waals surface area contributed by atoms with E-state index in [-0.39, 0.29) is 5.41 Å². The van der Waals surface area contributed by atoms with Crippen LogP contribution in [0.15, 0.2) is 83.3 Å². The number of furan rings is 1. The van der Waals surface area contributed by atoms with Crippen LogP contribution in [0.25, 0.3) is 44.2 Å². The summed E-state index contributed by atoms with van der Waals surface area (Å²) in [6.07, 6.45) is 0. The first-order valence-corrected chi connectivity index (χ1v) is 10.2. The molecule has 0 atom stereocenters. The summed E-state index contributed by atoms with van der Waals surface area (Å²) in [7, 11) is 0. The zero-order valence-electron chi connectivity index (χ0n) is 16.9. The minimum atomic E-state index is -0.00549. The third-order valence-corrected chi connectivity index (χ3v) is 6.62. The fourth-order valence-corrected chi connectivity index (χ4v) is 5.11. The van der Waals surface area contributed by atoms with E-state index in [9.17, 15) is 0 Å². The minimum Gasteiger partial charge on any atom is -0.455 e. The largest absolute Gasteiger partial charge is 0.455 e. The third kappa shape index (κ3) is 2.16. The third-order valence-electron chi connectivity index (χ3n) is 6.62. The Hall–Kier alpha value is -3.32. The Bertz CT molecular complexity index is 1430. The molecule has 4 aromatic carbocycles. The normalized spacial score (nSPS) is 14.3. The van der Waals surface area contributed by atoms with Crippen molar-refractivity contribution in [3.05, 3.63) is 95.6 Å². The van der Waals surface area contributed by atoms with Gasteiger partial charge in [-0.3, -0.25) is 0 Å². The maximum absolute atomic E-state index is 6.29. The summed E-state index contributed by atoms with van der Waals surface area (Å²) < 4.78 is 6.29. The molecular weight excluding hydrogens is 352 g/mol. The maximum Gasteiger partial charge on any atom is 0.143 e. The van der Waals surface area contributed by atoms with Gasteiger partial charge in [0.2, 0.25) is 0 Å². The number of fused-ring (bicyclic) bond motifs is 6. The van der Waals surface area contributed by atoms with Gasteiger partial charge in [-0.15, -0.1) is 0 Å². The van der Waals surface area contributed by atoms with Crippen LogP contribution in [-0.2, 0) is 5.41 Å². The van der Waals surface area contributed by atoms with Crippen LogP contribution in [0.4, 0.5) is 0 Å². The highest BCUT2D eigenvalue weighted by Crippen LogP contribution is 2.51. The van der Waals surface area contributed by atoms with Gasteiger partial charge in [0.15, 0.2) is 0 Å². The first-order chi connectivity index (χ1) is 14.1. The average molecular weight is 374 g/mol. The molecule has 0 unspecified atom stereocenters. The molecule has 5 aromatic rings. The molecule has 0 aliphatic heterocycles. The predicted molar refractivity (Wildman–Crippen MR) is 121 cm³/mol. The van der Waals surface area contributed by atoms with Gasteiger partial charge in [-0.25, -0.2) is 0 Å². The van der Waals surface area contributed by atoms with Crippen molar-refractivity contribution in [3.63, 3.8) is 0 Å². The molecule has 0 radical (unpaired) electrons. The van der Waals surface area contributed by atoms with Crippen molar-refractivity contribution >= 4 is 21.9 Å².